The number of piperidine rings is 1. The maximum absolute atomic E-state index is 8.18. The molecule has 0 radical (unpaired) electrons. The van der Waals surface area contributed by atoms with Crippen LogP contribution in [0.15, 0.2) is 0 Å². The fourth-order valence-electron chi connectivity index (χ4n) is 3.34. The molecule has 2 heteroatoms. The summed E-state index contributed by atoms with van der Waals surface area (Å²) in [6.45, 7) is 1.18. The van der Waals surface area contributed by atoms with Crippen molar-refractivity contribution in [2.45, 2.75) is 51.0 Å². The molecule has 2 aliphatic carbocycles. The molecule has 2 atom stereocenters. The average molecular weight is 192 g/mol. The van der Waals surface area contributed by atoms with Gasteiger partial charge in [-0.05, 0) is 44.4 Å². The summed E-state index contributed by atoms with van der Waals surface area (Å²) in [4.78, 5) is 2.46. The summed E-state index contributed by atoms with van der Waals surface area (Å²) < 4.78 is 0. The summed E-state index contributed by atoms with van der Waals surface area (Å²) in [6, 6.07) is 0.761. The number of nitrogens with zero attached hydrogens (tertiary/aromatic N) is 1. The fourth-order valence-corrected chi connectivity index (χ4v) is 3.34. The lowest BCUT2D eigenvalue weighted by molar-refractivity contribution is 0.186. The van der Waals surface area contributed by atoms with Crippen LogP contribution in [0.25, 0.3) is 0 Å². The minimum absolute atomic E-state index is 0.648. The maximum Gasteiger partial charge on any atom is 0.0992 e. The first kappa shape index (κ1) is 8.75. The average Bonchev–Trinajstić information content (AvgIpc) is 2.94. The van der Waals surface area contributed by atoms with Crippen LogP contribution in [0.3, 0.4) is 0 Å². The third-order valence-electron chi connectivity index (χ3n) is 4.27. The molecular weight excluding hydrogens is 172 g/mol. The first-order chi connectivity index (χ1) is 6.86. The molecule has 3 fully saturated rings. The standard InChI is InChI=1S/C12H20N2/c13-12(10-6-7-10)14-8-2-4-9-3-1-5-11(9)14/h9-11,13H,1-8H2. The molecule has 3 rings (SSSR count). The van der Waals surface area contributed by atoms with Crippen LogP contribution < -0.4 is 0 Å². The number of amidine groups is 1. The number of hydrogen-bond donors (Lipinski definition) is 1. The molecule has 0 aromatic carbocycles. The Balaban J connectivity index is 1.73. The molecule has 0 amide bonds. The Morgan fingerprint density at radius 2 is 1.79 bits per heavy atom. The molecule has 2 saturated carbocycles. The van der Waals surface area contributed by atoms with Crippen LogP contribution in [-0.4, -0.2) is 23.3 Å². The molecule has 1 saturated heterocycles. The summed E-state index contributed by atoms with van der Waals surface area (Å²) >= 11 is 0. The Morgan fingerprint density at radius 3 is 2.57 bits per heavy atom. The highest BCUT2D eigenvalue weighted by Crippen LogP contribution is 2.40. The Labute approximate surface area is 86.2 Å². The van der Waals surface area contributed by atoms with Gasteiger partial charge >= 0.3 is 0 Å². The van der Waals surface area contributed by atoms with E-state index in [1.54, 1.807) is 0 Å². The van der Waals surface area contributed by atoms with Gasteiger partial charge in [0.25, 0.3) is 0 Å². The Hall–Kier alpha value is -0.530. The summed E-state index contributed by atoms with van der Waals surface area (Å²) in [5, 5.41) is 8.18. The largest absolute Gasteiger partial charge is 0.357 e. The van der Waals surface area contributed by atoms with Gasteiger partial charge in [0.05, 0.1) is 5.84 Å². The van der Waals surface area contributed by atoms with Crippen molar-refractivity contribution >= 4 is 5.84 Å². The quantitative estimate of drug-likeness (QED) is 0.502. The van der Waals surface area contributed by atoms with Gasteiger partial charge in [-0.1, -0.05) is 6.42 Å². The van der Waals surface area contributed by atoms with Crippen molar-refractivity contribution in [2.24, 2.45) is 11.8 Å². The minimum atomic E-state index is 0.648. The van der Waals surface area contributed by atoms with Crippen molar-refractivity contribution in [2.75, 3.05) is 6.54 Å². The molecule has 0 aromatic rings. The van der Waals surface area contributed by atoms with Gasteiger partial charge in [-0.15, -0.1) is 0 Å². The lowest BCUT2D eigenvalue weighted by atomic mass is 9.91. The van der Waals surface area contributed by atoms with Crippen LogP contribution in [0.2, 0.25) is 0 Å². The van der Waals surface area contributed by atoms with Gasteiger partial charge in [0.15, 0.2) is 0 Å². The summed E-state index contributed by atoms with van der Waals surface area (Å²) in [6.07, 6.45) is 9.53. The van der Waals surface area contributed by atoms with Crippen LogP contribution in [-0.2, 0) is 0 Å². The van der Waals surface area contributed by atoms with Crippen LogP contribution in [0.4, 0.5) is 0 Å². The summed E-state index contributed by atoms with van der Waals surface area (Å²) in [5.41, 5.74) is 0. The zero-order valence-electron chi connectivity index (χ0n) is 8.84. The van der Waals surface area contributed by atoms with Gasteiger partial charge in [-0.2, -0.15) is 0 Å². The van der Waals surface area contributed by atoms with Crippen molar-refractivity contribution in [3.63, 3.8) is 0 Å². The van der Waals surface area contributed by atoms with Gasteiger partial charge in [-0.25, -0.2) is 0 Å². The van der Waals surface area contributed by atoms with Crippen LogP contribution in [0.5, 0.6) is 0 Å². The Morgan fingerprint density at radius 1 is 1.00 bits per heavy atom. The second-order valence-corrected chi connectivity index (χ2v) is 5.25. The second-order valence-electron chi connectivity index (χ2n) is 5.25. The molecule has 1 aliphatic heterocycles. The number of nitrogens with one attached hydrogen (secondary N) is 1. The fraction of sp³-hybridized carbons (Fsp3) is 0.917. The topological polar surface area (TPSA) is 27.1 Å². The van der Waals surface area contributed by atoms with E-state index >= 15 is 0 Å². The molecule has 14 heavy (non-hydrogen) atoms. The molecule has 78 valence electrons. The Kier molecular flexibility index (Phi) is 2.03. The molecule has 0 bridgehead atoms. The Bertz CT molecular complexity index is 245. The van der Waals surface area contributed by atoms with Gasteiger partial charge in [0, 0.05) is 18.5 Å². The van der Waals surface area contributed by atoms with Crippen molar-refractivity contribution in [3.05, 3.63) is 0 Å². The number of rotatable bonds is 1. The summed E-state index contributed by atoms with van der Waals surface area (Å²) in [7, 11) is 0. The molecule has 0 spiro atoms. The third kappa shape index (κ3) is 1.35. The van der Waals surface area contributed by atoms with Crippen molar-refractivity contribution in [1.29, 1.82) is 5.41 Å². The van der Waals surface area contributed by atoms with E-state index in [4.69, 9.17) is 5.41 Å². The van der Waals surface area contributed by atoms with Gasteiger partial charge in [0.2, 0.25) is 0 Å². The zero-order valence-corrected chi connectivity index (χ0v) is 8.84. The van der Waals surface area contributed by atoms with Crippen molar-refractivity contribution in [3.8, 4) is 0 Å². The molecule has 2 nitrogen and oxygen atoms in total. The third-order valence-corrected chi connectivity index (χ3v) is 4.27. The van der Waals surface area contributed by atoms with Crippen LogP contribution in [0, 0.1) is 17.2 Å². The number of fused-ring (bicyclic) bond motifs is 1. The van der Waals surface area contributed by atoms with Gasteiger partial charge in [-0.3, -0.25) is 5.41 Å². The smallest absolute Gasteiger partial charge is 0.0992 e. The molecule has 1 heterocycles. The van der Waals surface area contributed by atoms with E-state index in [2.05, 4.69) is 4.90 Å². The predicted molar refractivity (Wildman–Crippen MR) is 57.5 cm³/mol. The molecule has 1 N–H and O–H groups in total. The molecular formula is C12H20N2. The van der Waals surface area contributed by atoms with E-state index in [1.165, 1.54) is 51.5 Å². The van der Waals surface area contributed by atoms with E-state index in [0.717, 1.165) is 17.8 Å². The predicted octanol–water partition coefficient (Wildman–Crippen LogP) is 2.64. The second kappa shape index (κ2) is 3.25. The molecule has 0 aromatic heterocycles. The van der Waals surface area contributed by atoms with E-state index in [1.807, 2.05) is 0 Å². The van der Waals surface area contributed by atoms with Crippen molar-refractivity contribution in [1.82, 2.24) is 4.90 Å². The first-order valence-corrected chi connectivity index (χ1v) is 6.21. The summed E-state index contributed by atoms with van der Waals surface area (Å²) in [5.74, 6) is 2.57. The van der Waals surface area contributed by atoms with Gasteiger partial charge in [0.1, 0.15) is 0 Å². The number of likely N-dealkylation sites (tertiary alicyclic amines) is 1. The SMILES string of the molecule is N=C(C1CC1)N1CCCC2CCCC21. The number of hydrogen-bond acceptors (Lipinski definition) is 1. The van der Waals surface area contributed by atoms with Crippen LogP contribution >= 0.6 is 0 Å². The zero-order chi connectivity index (χ0) is 9.54. The molecule has 3 aliphatic rings. The lowest BCUT2D eigenvalue weighted by Gasteiger charge is -2.39. The van der Waals surface area contributed by atoms with E-state index in [0.29, 0.717) is 5.92 Å². The molecule has 2 unspecified atom stereocenters. The minimum Gasteiger partial charge on any atom is -0.357 e. The highest BCUT2D eigenvalue weighted by molar-refractivity contribution is 5.84. The highest BCUT2D eigenvalue weighted by atomic mass is 15.2. The maximum atomic E-state index is 8.18. The normalized spacial score (nSPS) is 37.0. The highest BCUT2D eigenvalue weighted by Gasteiger charge is 2.39. The van der Waals surface area contributed by atoms with E-state index in [9.17, 15) is 0 Å². The van der Waals surface area contributed by atoms with Crippen LogP contribution in [0.1, 0.15) is 44.9 Å². The lowest BCUT2D eigenvalue weighted by Crippen LogP contribution is -2.46. The van der Waals surface area contributed by atoms with E-state index < -0.39 is 0 Å². The van der Waals surface area contributed by atoms with Crippen molar-refractivity contribution < 1.29 is 0 Å². The monoisotopic (exact) mass is 192 g/mol. The van der Waals surface area contributed by atoms with Gasteiger partial charge < -0.3 is 4.90 Å². The van der Waals surface area contributed by atoms with E-state index in [-0.39, 0.29) is 0 Å². The first-order valence-electron chi connectivity index (χ1n) is 6.21.